The Morgan fingerprint density at radius 3 is 2.57 bits per heavy atom. The van der Waals surface area contributed by atoms with Crippen molar-refractivity contribution in [3.63, 3.8) is 0 Å². The van der Waals surface area contributed by atoms with E-state index in [1.54, 1.807) is 7.11 Å². The molecule has 0 radical (unpaired) electrons. The van der Waals surface area contributed by atoms with E-state index in [1.165, 1.54) is 12.8 Å². The molecule has 1 rings (SSSR count). The highest BCUT2D eigenvalue weighted by atomic mass is 16.7. The molecule has 1 saturated carbocycles. The number of ether oxygens (including phenoxy) is 3. The van der Waals surface area contributed by atoms with Gasteiger partial charge in [0.25, 0.3) is 0 Å². The van der Waals surface area contributed by atoms with Crippen LogP contribution in [0.1, 0.15) is 53.9 Å². The highest BCUT2D eigenvalue weighted by Crippen LogP contribution is 2.41. The first kappa shape index (κ1) is 20.2. The molecule has 0 aromatic carbocycles. The summed E-state index contributed by atoms with van der Waals surface area (Å²) in [4.78, 5) is 11.8. The predicted molar refractivity (Wildman–Crippen MR) is 92.0 cm³/mol. The number of carbonyl (C=O) groups excluding carboxylic acids is 1. The Bertz CT molecular complexity index is 389. The zero-order valence-corrected chi connectivity index (χ0v) is 15.6. The van der Waals surface area contributed by atoms with Crippen LogP contribution in [0, 0.1) is 23.7 Å². The van der Waals surface area contributed by atoms with Crippen LogP contribution in [0.5, 0.6) is 0 Å². The lowest BCUT2D eigenvalue weighted by Gasteiger charge is -2.43. The third-order valence-corrected chi connectivity index (χ3v) is 5.06. The molecule has 0 aromatic rings. The molecule has 0 aliphatic heterocycles. The largest absolute Gasteiger partial charge is 0.463 e. The normalized spacial score (nSPS) is 28.9. The van der Waals surface area contributed by atoms with E-state index in [1.807, 2.05) is 19.9 Å². The van der Waals surface area contributed by atoms with Crippen molar-refractivity contribution in [2.45, 2.75) is 60.0 Å². The van der Waals surface area contributed by atoms with Crippen LogP contribution in [-0.4, -0.2) is 32.6 Å². The molecule has 4 nitrogen and oxygen atoms in total. The van der Waals surface area contributed by atoms with Gasteiger partial charge in [-0.2, -0.15) is 0 Å². The van der Waals surface area contributed by atoms with Crippen molar-refractivity contribution in [1.82, 2.24) is 0 Å². The summed E-state index contributed by atoms with van der Waals surface area (Å²) in [5.41, 5.74) is 0.691. The molecule has 0 aromatic heterocycles. The summed E-state index contributed by atoms with van der Waals surface area (Å²) in [6.07, 6.45) is 5.47. The Hall–Kier alpha value is -0.870. The highest BCUT2D eigenvalue weighted by molar-refractivity contribution is 5.87. The van der Waals surface area contributed by atoms with Gasteiger partial charge in [0.1, 0.15) is 6.79 Å². The van der Waals surface area contributed by atoms with Gasteiger partial charge in [0.2, 0.25) is 0 Å². The van der Waals surface area contributed by atoms with Gasteiger partial charge in [-0.05, 0) is 56.8 Å². The van der Waals surface area contributed by atoms with Crippen LogP contribution in [-0.2, 0) is 19.0 Å². The summed E-state index contributed by atoms with van der Waals surface area (Å²) in [6.45, 7) is 11.2. The van der Waals surface area contributed by atoms with E-state index in [9.17, 15) is 4.79 Å². The number of carbonyl (C=O) groups is 1. The van der Waals surface area contributed by atoms with Crippen molar-refractivity contribution in [3.8, 4) is 0 Å². The smallest absolute Gasteiger partial charge is 0.333 e. The summed E-state index contributed by atoms with van der Waals surface area (Å²) in [5, 5.41) is 0. The van der Waals surface area contributed by atoms with Gasteiger partial charge in [0, 0.05) is 12.7 Å². The minimum Gasteiger partial charge on any atom is -0.463 e. The van der Waals surface area contributed by atoms with Gasteiger partial charge in [-0.1, -0.05) is 26.8 Å². The molecule has 4 heteroatoms. The third kappa shape index (κ3) is 5.92. The Kier molecular flexibility index (Phi) is 8.85. The summed E-state index contributed by atoms with van der Waals surface area (Å²) in [5.74, 6) is 1.91. The monoisotopic (exact) mass is 326 g/mol. The fourth-order valence-corrected chi connectivity index (χ4v) is 3.59. The van der Waals surface area contributed by atoms with Gasteiger partial charge in [-0.15, -0.1) is 0 Å². The van der Waals surface area contributed by atoms with Crippen molar-refractivity contribution in [2.75, 3.05) is 20.5 Å². The predicted octanol–water partition coefficient (Wildman–Crippen LogP) is 4.19. The van der Waals surface area contributed by atoms with Gasteiger partial charge in [-0.25, -0.2) is 4.79 Å². The molecule has 0 amide bonds. The first-order chi connectivity index (χ1) is 10.9. The number of methoxy groups -OCH3 is 1. The van der Waals surface area contributed by atoms with E-state index in [-0.39, 0.29) is 12.1 Å². The second-order valence-corrected chi connectivity index (χ2v) is 7.01. The van der Waals surface area contributed by atoms with Crippen LogP contribution < -0.4 is 0 Å². The van der Waals surface area contributed by atoms with Crippen LogP contribution in [0.2, 0.25) is 0 Å². The third-order valence-electron chi connectivity index (χ3n) is 5.06. The molecule has 0 saturated heterocycles. The molecular weight excluding hydrogens is 292 g/mol. The lowest BCUT2D eigenvalue weighted by atomic mass is 9.68. The zero-order chi connectivity index (χ0) is 17.4. The number of esters is 1. The van der Waals surface area contributed by atoms with Crippen molar-refractivity contribution in [1.29, 1.82) is 0 Å². The minimum absolute atomic E-state index is 0.185. The summed E-state index contributed by atoms with van der Waals surface area (Å²) >= 11 is 0. The van der Waals surface area contributed by atoms with E-state index >= 15 is 0 Å². The fraction of sp³-hybridized carbons (Fsp3) is 0.842. The maximum atomic E-state index is 11.8. The Balaban J connectivity index is 2.83. The molecule has 1 aliphatic rings. The molecule has 1 aliphatic carbocycles. The first-order valence-corrected chi connectivity index (χ1v) is 8.86. The number of hydrogen-bond acceptors (Lipinski definition) is 4. The van der Waals surface area contributed by atoms with Crippen molar-refractivity contribution < 1.29 is 19.0 Å². The number of hydrogen-bond donors (Lipinski definition) is 0. The molecule has 0 unspecified atom stereocenters. The Morgan fingerprint density at radius 2 is 2.00 bits per heavy atom. The molecular formula is C19H34O4. The average molecular weight is 326 g/mol. The van der Waals surface area contributed by atoms with E-state index in [4.69, 9.17) is 14.2 Å². The molecule has 0 bridgehead atoms. The second-order valence-electron chi connectivity index (χ2n) is 7.01. The average Bonchev–Trinajstić information content (AvgIpc) is 2.51. The molecule has 134 valence electrons. The van der Waals surface area contributed by atoms with E-state index < -0.39 is 0 Å². The van der Waals surface area contributed by atoms with Gasteiger partial charge >= 0.3 is 5.97 Å². The van der Waals surface area contributed by atoms with E-state index in [2.05, 4.69) is 20.8 Å². The zero-order valence-electron chi connectivity index (χ0n) is 15.6. The summed E-state index contributed by atoms with van der Waals surface area (Å²) < 4.78 is 16.3. The molecule has 23 heavy (non-hydrogen) atoms. The second kappa shape index (κ2) is 10.1. The molecule has 0 heterocycles. The summed E-state index contributed by atoms with van der Waals surface area (Å²) in [7, 11) is 1.66. The first-order valence-electron chi connectivity index (χ1n) is 8.86. The van der Waals surface area contributed by atoms with Crippen LogP contribution in [0.25, 0.3) is 0 Å². The van der Waals surface area contributed by atoms with Crippen LogP contribution in [0.3, 0.4) is 0 Å². The number of rotatable bonds is 8. The quantitative estimate of drug-likeness (QED) is 0.381. The van der Waals surface area contributed by atoms with E-state index in [0.717, 1.165) is 6.42 Å². The maximum Gasteiger partial charge on any atom is 0.333 e. The van der Waals surface area contributed by atoms with Crippen LogP contribution >= 0.6 is 0 Å². The van der Waals surface area contributed by atoms with Crippen LogP contribution in [0.4, 0.5) is 0 Å². The molecule has 4 atom stereocenters. The fourth-order valence-electron chi connectivity index (χ4n) is 3.59. The molecule has 1 fully saturated rings. The van der Waals surface area contributed by atoms with Crippen LogP contribution in [0.15, 0.2) is 11.6 Å². The standard InChI is InChI=1S/C19H34O4/c1-7-22-19(20)15(5)9-11-17-14(4)8-10-16(13(2)3)18(17)23-12-21-6/h9,13-14,16-18H,7-8,10-12H2,1-6H3/b15-9+/t14-,16+,17+,18-/m1/s1. The maximum absolute atomic E-state index is 11.8. The molecule has 0 spiro atoms. The number of allylic oxidation sites excluding steroid dienone is 1. The lowest BCUT2D eigenvalue weighted by Crippen LogP contribution is -2.42. The summed E-state index contributed by atoms with van der Waals surface area (Å²) in [6, 6.07) is 0. The minimum atomic E-state index is -0.217. The highest BCUT2D eigenvalue weighted by Gasteiger charge is 2.39. The van der Waals surface area contributed by atoms with Gasteiger partial charge in [0.05, 0.1) is 12.7 Å². The van der Waals surface area contributed by atoms with Gasteiger partial charge in [0.15, 0.2) is 0 Å². The topological polar surface area (TPSA) is 44.8 Å². The SMILES string of the molecule is CCOC(=O)/C(C)=C/C[C@@H]1[C@H](OCOC)[C@H](C(C)C)CC[C@H]1C. The van der Waals surface area contributed by atoms with Gasteiger partial charge in [-0.3, -0.25) is 0 Å². The van der Waals surface area contributed by atoms with Gasteiger partial charge < -0.3 is 14.2 Å². The van der Waals surface area contributed by atoms with Crippen molar-refractivity contribution in [3.05, 3.63) is 11.6 Å². The molecule has 0 N–H and O–H groups in total. The Labute approximate surface area is 141 Å². The van der Waals surface area contributed by atoms with E-state index in [0.29, 0.717) is 42.6 Å². The lowest BCUT2D eigenvalue weighted by molar-refractivity contribution is -0.141. The van der Waals surface area contributed by atoms with Crippen molar-refractivity contribution >= 4 is 5.97 Å². The van der Waals surface area contributed by atoms with Crippen molar-refractivity contribution in [2.24, 2.45) is 23.7 Å². The Morgan fingerprint density at radius 1 is 1.30 bits per heavy atom.